The van der Waals surface area contributed by atoms with Gasteiger partial charge >= 0.3 is 27.1 Å². The van der Waals surface area contributed by atoms with E-state index in [0.29, 0.717) is 28.4 Å². The van der Waals surface area contributed by atoms with Gasteiger partial charge in [0.25, 0.3) is 0 Å². The molecule has 0 aliphatic carbocycles. The Balaban J connectivity index is 1.11. The minimum atomic E-state index is -4.56. The number of hydrogen-bond acceptors (Lipinski definition) is 15. The normalized spacial score (nSPS) is 15.6. The van der Waals surface area contributed by atoms with E-state index in [0.717, 1.165) is 15.5 Å². The fourth-order valence-corrected chi connectivity index (χ4v) is 8.47. The Morgan fingerprint density at radius 1 is 0.661 bits per heavy atom. The van der Waals surface area contributed by atoms with Gasteiger partial charge in [-0.1, -0.05) is 22.0 Å². The zero-order chi connectivity index (χ0) is 44.3. The van der Waals surface area contributed by atoms with Crippen LogP contribution < -0.4 is 10.6 Å². The molecule has 328 valence electrons. The van der Waals surface area contributed by atoms with Crippen molar-refractivity contribution < 1.29 is 47.8 Å². The molecule has 1 fully saturated rings. The van der Waals surface area contributed by atoms with Crippen LogP contribution in [0.2, 0.25) is 0 Å². The molecule has 0 unspecified atom stereocenters. The fraction of sp³-hybridized carbons (Fsp3) is 0.308. The topological polar surface area (TPSA) is 264 Å². The molecule has 0 spiro atoms. The molecule has 6 N–H and O–H groups in total. The van der Waals surface area contributed by atoms with Crippen molar-refractivity contribution in [2.75, 3.05) is 88.7 Å². The third kappa shape index (κ3) is 14.9. The van der Waals surface area contributed by atoms with E-state index in [1.54, 1.807) is 52.4 Å². The van der Waals surface area contributed by atoms with E-state index in [2.05, 4.69) is 46.5 Å². The molecule has 1 aliphatic heterocycles. The molecule has 2 aromatic carbocycles. The molecule has 1 amide bonds. The highest BCUT2D eigenvalue weighted by molar-refractivity contribution is 9.10. The number of ether oxygens (including phenoxy) is 1. The summed E-state index contributed by atoms with van der Waals surface area (Å²) in [5.41, 5.74) is 2.82. The van der Waals surface area contributed by atoms with E-state index < -0.39 is 52.2 Å². The first-order valence-corrected chi connectivity index (χ1v) is 23.6. The van der Waals surface area contributed by atoms with E-state index in [1.807, 2.05) is 24.3 Å². The Bertz CT molecular complexity index is 2410. The number of nitrogens with zero attached hydrogens (tertiary/aromatic N) is 8. The first-order valence-electron chi connectivity index (χ1n) is 19.2. The lowest BCUT2D eigenvalue weighted by Crippen LogP contribution is -2.48. The second-order valence-electron chi connectivity index (χ2n) is 14.4. The predicted molar refractivity (Wildman–Crippen MR) is 233 cm³/mol. The van der Waals surface area contributed by atoms with Gasteiger partial charge in [-0.15, -0.1) is 0 Å². The number of rotatable bonds is 13. The number of fused-ring (bicyclic) bond motifs is 1. The van der Waals surface area contributed by atoms with Crippen LogP contribution in [0, 0.1) is 0 Å². The molecule has 5 aromatic rings. The number of amides is 1. The molecule has 0 atom stereocenters. The lowest BCUT2D eigenvalue weighted by Gasteiger charge is -2.33. The monoisotopic (exact) mass is 954 g/mol. The van der Waals surface area contributed by atoms with Crippen LogP contribution >= 0.6 is 31.1 Å². The van der Waals surface area contributed by atoms with Crippen LogP contribution in [0.15, 0.2) is 96.0 Å². The lowest BCUT2D eigenvalue weighted by molar-refractivity contribution is -0.139. The van der Waals surface area contributed by atoms with Crippen LogP contribution in [0.25, 0.3) is 22.3 Å². The molecule has 3 aromatic heterocycles. The molecule has 6 rings (SSSR count). The maximum absolute atomic E-state index is 13.5. The Kier molecular flexibility index (Phi) is 16.1. The fourth-order valence-electron chi connectivity index (χ4n) is 6.60. The molecule has 4 heterocycles. The third-order valence-corrected chi connectivity index (χ3v) is 11.6. The molecule has 0 radical (unpaired) electrons. The second-order valence-corrected chi connectivity index (χ2v) is 18.6. The number of carbonyl (C=O) groups is 3. The number of carbonyl (C=O) groups excluding carboxylic acids is 3. The van der Waals surface area contributed by atoms with Crippen molar-refractivity contribution in [1.82, 2.24) is 39.5 Å². The molecule has 20 nitrogen and oxygen atoms in total. The van der Waals surface area contributed by atoms with Crippen molar-refractivity contribution in [3.63, 3.8) is 0 Å². The SMILES string of the molecule is O=C(CN1CCN(CP(=O)(O)O)CCN(CC(=O)OC(=O)c2ccnc(-c3ccccn3)c2)CCN(CP(=O)(O)O)CC1)Nc1ccc2c(Nc3ccc(Br)cc3)ncnc2c1. The summed E-state index contributed by atoms with van der Waals surface area (Å²) in [5, 5.41) is 6.87. The highest BCUT2D eigenvalue weighted by atomic mass is 79.9. The first-order chi connectivity index (χ1) is 29.5. The summed E-state index contributed by atoms with van der Waals surface area (Å²) in [5.74, 6) is -1.66. The quantitative estimate of drug-likeness (QED) is 0.0561. The highest BCUT2D eigenvalue weighted by Crippen LogP contribution is 2.36. The lowest BCUT2D eigenvalue weighted by atomic mass is 10.2. The predicted octanol–water partition coefficient (Wildman–Crippen LogP) is 3.41. The van der Waals surface area contributed by atoms with Crippen LogP contribution in [0.1, 0.15) is 10.4 Å². The van der Waals surface area contributed by atoms with Crippen molar-refractivity contribution >= 4 is 77.1 Å². The van der Waals surface area contributed by atoms with Gasteiger partial charge in [0.2, 0.25) is 5.91 Å². The number of pyridine rings is 2. The molecule has 0 bridgehead atoms. The highest BCUT2D eigenvalue weighted by Gasteiger charge is 2.26. The Hall–Kier alpha value is -4.89. The molecular weight excluding hydrogens is 910 g/mol. The van der Waals surface area contributed by atoms with Crippen LogP contribution in [0.3, 0.4) is 0 Å². The van der Waals surface area contributed by atoms with Crippen LogP contribution in [-0.4, -0.2) is 155 Å². The zero-order valence-corrected chi connectivity index (χ0v) is 36.6. The Morgan fingerprint density at radius 3 is 1.87 bits per heavy atom. The molecule has 23 heteroatoms. The van der Waals surface area contributed by atoms with Crippen molar-refractivity contribution in [2.24, 2.45) is 0 Å². The molecule has 0 saturated carbocycles. The third-order valence-electron chi connectivity index (χ3n) is 9.57. The average Bonchev–Trinajstić information content (AvgIpc) is 3.22. The minimum Gasteiger partial charge on any atom is -0.388 e. The van der Waals surface area contributed by atoms with Gasteiger partial charge in [-0.2, -0.15) is 0 Å². The second kappa shape index (κ2) is 21.5. The van der Waals surface area contributed by atoms with Gasteiger partial charge in [-0.05, 0) is 66.7 Å². The number of hydrogen-bond donors (Lipinski definition) is 6. The number of benzene rings is 2. The Labute approximate surface area is 364 Å². The molecule has 62 heavy (non-hydrogen) atoms. The summed E-state index contributed by atoms with van der Waals surface area (Å²) in [6.45, 7) is 0.167. The van der Waals surface area contributed by atoms with E-state index in [9.17, 15) is 43.1 Å². The standard InChI is InChI=1S/C39H45BrN10O10P2/c40-29-4-6-30(7-5-29)46-38-32-9-8-31(22-34(32)43-25-44-38)45-36(51)23-47-13-17-49(26-61(54,55)56)19-15-48(16-20-50(18-14-47)27-62(57,58)59)24-37(52)60-39(53)28-10-12-42-35(21-28)33-3-1-2-11-41-33/h1-12,21-22,25H,13-20,23-24,26-27H2,(H,45,51)(H,43,44,46)(H2,54,55,56)(H2,57,58,59). The van der Waals surface area contributed by atoms with Gasteiger partial charge in [0.1, 0.15) is 24.7 Å². The van der Waals surface area contributed by atoms with Crippen LogP contribution in [-0.2, 0) is 23.5 Å². The van der Waals surface area contributed by atoms with Gasteiger partial charge in [0.15, 0.2) is 0 Å². The van der Waals surface area contributed by atoms with E-state index in [4.69, 9.17) is 4.74 Å². The zero-order valence-electron chi connectivity index (χ0n) is 33.2. The van der Waals surface area contributed by atoms with Gasteiger partial charge in [-0.3, -0.25) is 48.3 Å². The van der Waals surface area contributed by atoms with E-state index >= 15 is 0 Å². The maximum Gasteiger partial charge on any atom is 0.345 e. The maximum atomic E-state index is 13.5. The van der Waals surface area contributed by atoms with E-state index in [-0.39, 0.29) is 64.5 Å². The first kappa shape index (κ1) is 46.6. The summed E-state index contributed by atoms with van der Waals surface area (Å²) in [4.78, 5) is 103. The van der Waals surface area contributed by atoms with Crippen molar-refractivity contribution in [2.45, 2.75) is 0 Å². The van der Waals surface area contributed by atoms with Gasteiger partial charge < -0.3 is 34.9 Å². The smallest absolute Gasteiger partial charge is 0.345 e. The molecular formula is C39H45BrN10O10P2. The van der Waals surface area contributed by atoms with Crippen molar-refractivity contribution in [3.8, 4) is 11.4 Å². The molecule has 1 saturated heterocycles. The number of nitrogens with one attached hydrogen (secondary N) is 2. The van der Waals surface area contributed by atoms with E-state index in [1.165, 1.54) is 34.5 Å². The van der Waals surface area contributed by atoms with Gasteiger partial charge in [0, 0.05) is 86.0 Å². The number of anilines is 3. The largest absolute Gasteiger partial charge is 0.388 e. The summed E-state index contributed by atoms with van der Waals surface area (Å²) >= 11 is 3.42. The summed E-state index contributed by atoms with van der Waals surface area (Å²) < 4.78 is 30.5. The van der Waals surface area contributed by atoms with Crippen LogP contribution in [0.4, 0.5) is 17.2 Å². The molecule has 1 aliphatic rings. The average molecular weight is 956 g/mol. The van der Waals surface area contributed by atoms with Crippen LogP contribution in [0.5, 0.6) is 0 Å². The van der Waals surface area contributed by atoms with Crippen molar-refractivity contribution in [1.29, 1.82) is 0 Å². The number of halogens is 1. The minimum absolute atomic E-state index is 0.0558. The number of aromatic nitrogens is 4. The van der Waals surface area contributed by atoms with Gasteiger partial charge in [-0.25, -0.2) is 14.8 Å². The van der Waals surface area contributed by atoms with Crippen molar-refractivity contribution in [3.05, 3.63) is 102 Å². The summed E-state index contributed by atoms with van der Waals surface area (Å²) in [6.07, 6.45) is 3.16. The number of esters is 2. The Morgan fingerprint density at radius 2 is 1.26 bits per heavy atom. The summed E-state index contributed by atoms with van der Waals surface area (Å²) in [6, 6.07) is 20.8. The van der Waals surface area contributed by atoms with Gasteiger partial charge in [0.05, 0.1) is 35.6 Å². The summed E-state index contributed by atoms with van der Waals surface area (Å²) in [7, 11) is -9.12.